The Bertz CT molecular complexity index is 473. The minimum atomic E-state index is 0.707. The molecule has 2 heterocycles. The van der Waals surface area contributed by atoms with E-state index < -0.39 is 0 Å². The van der Waals surface area contributed by atoms with Crippen LogP contribution in [0.1, 0.15) is 38.7 Å². The Morgan fingerprint density at radius 2 is 2.10 bits per heavy atom. The normalized spacial score (nSPS) is 26.9. The molecule has 1 N–H and O–H groups in total. The first kappa shape index (κ1) is 14.2. The molecule has 0 radical (unpaired) electrons. The van der Waals surface area contributed by atoms with Gasteiger partial charge in [0.25, 0.3) is 0 Å². The fraction of sp³-hybridized carbons (Fsp3) is 0.688. The zero-order valence-corrected chi connectivity index (χ0v) is 13.2. The molecule has 0 aromatic carbocycles. The van der Waals surface area contributed by atoms with Gasteiger partial charge >= 0.3 is 0 Å². The average Bonchev–Trinajstić information content (AvgIpc) is 3.25. The van der Waals surface area contributed by atoms with E-state index in [1.807, 2.05) is 6.20 Å². The van der Waals surface area contributed by atoms with Gasteiger partial charge in [0.2, 0.25) is 0 Å². The highest BCUT2D eigenvalue weighted by Crippen LogP contribution is 2.28. The third kappa shape index (κ3) is 3.26. The van der Waals surface area contributed by atoms with Crippen molar-refractivity contribution in [2.75, 3.05) is 18.0 Å². The molecule has 0 amide bonds. The highest BCUT2D eigenvalue weighted by Gasteiger charge is 2.24. The van der Waals surface area contributed by atoms with Gasteiger partial charge in [-0.2, -0.15) is 0 Å². The summed E-state index contributed by atoms with van der Waals surface area (Å²) in [5, 5.41) is 4.31. The Morgan fingerprint density at radius 1 is 1.30 bits per heavy atom. The first-order valence-corrected chi connectivity index (χ1v) is 8.14. The number of nitrogens with zero attached hydrogens (tertiary/aromatic N) is 2. The van der Waals surface area contributed by atoms with Gasteiger partial charge in [0.05, 0.1) is 5.02 Å². The van der Waals surface area contributed by atoms with Crippen LogP contribution in [0.3, 0.4) is 0 Å². The molecule has 1 saturated heterocycles. The molecule has 1 aliphatic carbocycles. The smallest absolute Gasteiger partial charge is 0.128 e. The molecule has 1 aromatic rings. The van der Waals surface area contributed by atoms with Crippen LogP contribution in [0.25, 0.3) is 0 Å². The molecule has 20 heavy (non-hydrogen) atoms. The van der Waals surface area contributed by atoms with E-state index in [4.69, 9.17) is 11.6 Å². The second-order valence-corrected chi connectivity index (χ2v) is 6.89. The molecule has 1 aromatic heterocycles. The molecule has 2 atom stereocenters. The Balaban J connectivity index is 1.70. The maximum atomic E-state index is 6.27. The molecule has 1 aliphatic heterocycles. The van der Waals surface area contributed by atoms with E-state index in [1.54, 1.807) is 0 Å². The number of rotatable bonds is 4. The molecule has 2 aliphatic rings. The molecular formula is C16H24ClN3. The van der Waals surface area contributed by atoms with Gasteiger partial charge in [-0.25, -0.2) is 4.98 Å². The van der Waals surface area contributed by atoms with Crippen molar-refractivity contribution in [2.45, 2.75) is 45.7 Å². The lowest BCUT2D eigenvalue weighted by Crippen LogP contribution is -2.38. The van der Waals surface area contributed by atoms with Gasteiger partial charge in [-0.05, 0) is 42.7 Å². The van der Waals surface area contributed by atoms with E-state index in [1.165, 1.54) is 24.8 Å². The van der Waals surface area contributed by atoms with Crippen molar-refractivity contribution >= 4 is 17.4 Å². The lowest BCUT2D eigenvalue weighted by Gasteiger charge is -2.36. The zero-order valence-electron chi connectivity index (χ0n) is 12.4. The van der Waals surface area contributed by atoms with Crippen molar-refractivity contribution in [1.29, 1.82) is 0 Å². The van der Waals surface area contributed by atoms with Crippen LogP contribution in [0.2, 0.25) is 5.02 Å². The lowest BCUT2D eigenvalue weighted by atomic mass is 9.89. The lowest BCUT2D eigenvalue weighted by molar-refractivity contribution is 0.323. The number of hydrogen-bond donors (Lipinski definition) is 1. The first-order chi connectivity index (χ1) is 9.63. The van der Waals surface area contributed by atoms with Crippen LogP contribution < -0.4 is 10.2 Å². The van der Waals surface area contributed by atoms with Crippen molar-refractivity contribution in [2.24, 2.45) is 11.8 Å². The summed E-state index contributed by atoms with van der Waals surface area (Å²) in [7, 11) is 0. The summed E-state index contributed by atoms with van der Waals surface area (Å²) in [5.41, 5.74) is 1.18. The average molecular weight is 294 g/mol. The van der Waals surface area contributed by atoms with Crippen LogP contribution in [0.15, 0.2) is 12.3 Å². The van der Waals surface area contributed by atoms with Gasteiger partial charge in [0.1, 0.15) is 5.82 Å². The Kier molecular flexibility index (Phi) is 4.18. The van der Waals surface area contributed by atoms with Gasteiger partial charge < -0.3 is 10.2 Å². The topological polar surface area (TPSA) is 28.2 Å². The predicted molar refractivity (Wildman–Crippen MR) is 84.3 cm³/mol. The maximum absolute atomic E-state index is 6.27. The SMILES string of the molecule is CC1CCN(c2cc(CNC3CC3)c(Cl)cn2)CC1C. The van der Waals surface area contributed by atoms with Gasteiger partial charge in [-0.1, -0.05) is 25.4 Å². The minimum absolute atomic E-state index is 0.707. The zero-order chi connectivity index (χ0) is 14.1. The molecule has 110 valence electrons. The number of aromatic nitrogens is 1. The van der Waals surface area contributed by atoms with E-state index in [-0.39, 0.29) is 0 Å². The van der Waals surface area contributed by atoms with Crippen LogP contribution in [0.5, 0.6) is 0 Å². The largest absolute Gasteiger partial charge is 0.356 e. The quantitative estimate of drug-likeness (QED) is 0.921. The van der Waals surface area contributed by atoms with Crippen LogP contribution >= 0.6 is 11.6 Å². The molecule has 0 spiro atoms. The van der Waals surface area contributed by atoms with Crippen LogP contribution in [0.4, 0.5) is 5.82 Å². The number of anilines is 1. The Morgan fingerprint density at radius 3 is 2.80 bits per heavy atom. The molecule has 4 heteroatoms. The van der Waals surface area contributed by atoms with Crippen molar-refractivity contribution < 1.29 is 0 Å². The summed E-state index contributed by atoms with van der Waals surface area (Å²) in [4.78, 5) is 6.94. The van der Waals surface area contributed by atoms with Gasteiger partial charge in [-0.15, -0.1) is 0 Å². The molecule has 3 rings (SSSR count). The van der Waals surface area contributed by atoms with E-state index in [0.717, 1.165) is 42.3 Å². The van der Waals surface area contributed by atoms with Crippen LogP contribution in [0, 0.1) is 11.8 Å². The van der Waals surface area contributed by atoms with E-state index in [9.17, 15) is 0 Å². The number of piperidine rings is 1. The standard InChI is InChI=1S/C16H24ClN3/c1-11-5-6-20(10-12(11)2)16-7-13(15(17)9-19-16)8-18-14-3-4-14/h7,9,11-12,14,18H,3-6,8,10H2,1-2H3. The second kappa shape index (κ2) is 5.90. The predicted octanol–water partition coefficient (Wildman–Crippen LogP) is 3.47. The maximum Gasteiger partial charge on any atom is 0.128 e. The summed E-state index contributed by atoms with van der Waals surface area (Å²) in [6, 6.07) is 2.87. The van der Waals surface area contributed by atoms with Crippen molar-refractivity contribution in [3.8, 4) is 0 Å². The summed E-state index contributed by atoms with van der Waals surface area (Å²) >= 11 is 6.27. The fourth-order valence-corrected chi connectivity index (χ4v) is 2.96. The first-order valence-electron chi connectivity index (χ1n) is 7.76. The number of halogens is 1. The summed E-state index contributed by atoms with van der Waals surface area (Å²) in [6.07, 6.45) is 5.67. The molecule has 2 fully saturated rings. The van der Waals surface area contributed by atoms with E-state index in [0.29, 0.717) is 6.04 Å². The fourth-order valence-electron chi connectivity index (χ4n) is 2.79. The summed E-state index contributed by atoms with van der Waals surface area (Å²) in [5.74, 6) is 2.63. The molecular weight excluding hydrogens is 270 g/mol. The summed E-state index contributed by atoms with van der Waals surface area (Å²) < 4.78 is 0. The van der Waals surface area contributed by atoms with Crippen molar-refractivity contribution in [3.05, 3.63) is 22.8 Å². The Hall–Kier alpha value is -0.800. The number of nitrogens with one attached hydrogen (secondary N) is 1. The van der Waals surface area contributed by atoms with Gasteiger partial charge in [0.15, 0.2) is 0 Å². The highest BCUT2D eigenvalue weighted by atomic mass is 35.5. The highest BCUT2D eigenvalue weighted by molar-refractivity contribution is 6.31. The number of hydrogen-bond acceptors (Lipinski definition) is 3. The second-order valence-electron chi connectivity index (χ2n) is 6.48. The van der Waals surface area contributed by atoms with Gasteiger partial charge in [-0.3, -0.25) is 0 Å². The molecule has 3 nitrogen and oxygen atoms in total. The van der Waals surface area contributed by atoms with Crippen LogP contribution in [-0.4, -0.2) is 24.1 Å². The third-order valence-corrected chi connectivity index (χ3v) is 5.08. The van der Waals surface area contributed by atoms with Crippen LogP contribution in [-0.2, 0) is 6.54 Å². The van der Waals surface area contributed by atoms with Gasteiger partial charge in [0, 0.05) is 31.9 Å². The van der Waals surface area contributed by atoms with E-state index >= 15 is 0 Å². The summed E-state index contributed by atoms with van der Waals surface area (Å²) in [6.45, 7) is 7.75. The molecule has 0 bridgehead atoms. The van der Waals surface area contributed by atoms with E-state index in [2.05, 4.69) is 35.1 Å². The molecule has 1 saturated carbocycles. The van der Waals surface area contributed by atoms with Crippen molar-refractivity contribution in [1.82, 2.24) is 10.3 Å². The van der Waals surface area contributed by atoms with Crippen molar-refractivity contribution in [3.63, 3.8) is 0 Å². The third-order valence-electron chi connectivity index (χ3n) is 4.74. The number of pyridine rings is 1. The Labute approximate surface area is 126 Å². The minimum Gasteiger partial charge on any atom is -0.356 e. The monoisotopic (exact) mass is 293 g/mol. The molecule has 2 unspecified atom stereocenters.